The number of aliphatic carboxylic acids is 1. The molecule has 1 aliphatic rings. The van der Waals surface area contributed by atoms with Crippen LogP contribution >= 0.6 is 0 Å². The van der Waals surface area contributed by atoms with Gasteiger partial charge in [0.25, 0.3) is 0 Å². The van der Waals surface area contributed by atoms with Crippen LogP contribution in [-0.4, -0.2) is 49.7 Å². The van der Waals surface area contributed by atoms with Gasteiger partial charge in [-0.3, -0.25) is 9.59 Å². The van der Waals surface area contributed by atoms with Gasteiger partial charge in [-0.1, -0.05) is 24.6 Å². The van der Waals surface area contributed by atoms with E-state index in [9.17, 15) is 9.59 Å². The highest BCUT2D eigenvalue weighted by Crippen LogP contribution is 2.13. The molecule has 1 N–H and O–H groups in total. The van der Waals surface area contributed by atoms with E-state index < -0.39 is 5.97 Å². The van der Waals surface area contributed by atoms with Crippen molar-refractivity contribution in [1.82, 2.24) is 19.7 Å². The SMILES string of the molecule is O=C(O)Cn1nc(COc2ccccc2)nc1CCN1CCCCCC1=O. The van der Waals surface area contributed by atoms with Crippen LogP contribution < -0.4 is 4.74 Å². The van der Waals surface area contributed by atoms with Crippen LogP contribution in [0, 0.1) is 0 Å². The number of benzene rings is 1. The minimum Gasteiger partial charge on any atom is -0.486 e. The van der Waals surface area contributed by atoms with E-state index in [1.807, 2.05) is 35.2 Å². The third-order valence-corrected chi connectivity index (χ3v) is 4.47. The highest BCUT2D eigenvalue weighted by atomic mass is 16.5. The topological polar surface area (TPSA) is 97.5 Å². The summed E-state index contributed by atoms with van der Waals surface area (Å²) >= 11 is 0. The monoisotopic (exact) mass is 372 g/mol. The number of rotatable bonds is 8. The van der Waals surface area contributed by atoms with Gasteiger partial charge in [-0.15, -0.1) is 0 Å². The molecule has 0 bridgehead atoms. The first-order valence-corrected chi connectivity index (χ1v) is 9.22. The first-order chi connectivity index (χ1) is 13.1. The lowest BCUT2D eigenvalue weighted by Crippen LogP contribution is -2.32. The molecule has 0 aliphatic carbocycles. The highest BCUT2D eigenvalue weighted by molar-refractivity contribution is 5.76. The lowest BCUT2D eigenvalue weighted by Gasteiger charge is -2.20. The van der Waals surface area contributed by atoms with Gasteiger partial charge in [0.1, 0.15) is 24.7 Å². The van der Waals surface area contributed by atoms with E-state index in [1.54, 1.807) is 0 Å². The zero-order valence-corrected chi connectivity index (χ0v) is 15.2. The van der Waals surface area contributed by atoms with Gasteiger partial charge in [0.05, 0.1) is 0 Å². The van der Waals surface area contributed by atoms with E-state index in [0.29, 0.717) is 36.8 Å². The first-order valence-electron chi connectivity index (χ1n) is 9.22. The quantitative estimate of drug-likeness (QED) is 0.760. The summed E-state index contributed by atoms with van der Waals surface area (Å²) in [5.74, 6) is 0.856. The molecular weight excluding hydrogens is 348 g/mol. The van der Waals surface area contributed by atoms with Gasteiger partial charge < -0.3 is 14.7 Å². The second-order valence-electron chi connectivity index (χ2n) is 6.54. The molecule has 1 amide bonds. The van der Waals surface area contributed by atoms with Crippen molar-refractivity contribution in [2.24, 2.45) is 0 Å². The van der Waals surface area contributed by atoms with Gasteiger partial charge in [-0.05, 0) is 25.0 Å². The standard InChI is InChI=1S/C19H24N4O4/c24-18-9-5-2-6-11-22(18)12-10-17-20-16(21-23(17)13-19(25)26)14-27-15-7-3-1-4-8-15/h1,3-4,7-8H,2,5-6,9-14H2,(H,25,26). The molecule has 27 heavy (non-hydrogen) atoms. The molecule has 1 aromatic carbocycles. The molecule has 2 heterocycles. The molecule has 144 valence electrons. The Bertz CT molecular complexity index is 775. The molecule has 1 fully saturated rings. The fourth-order valence-electron chi connectivity index (χ4n) is 3.10. The molecule has 0 spiro atoms. The minimum absolute atomic E-state index is 0.157. The Kier molecular flexibility index (Phi) is 6.40. The summed E-state index contributed by atoms with van der Waals surface area (Å²) in [5.41, 5.74) is 0. The first kappa shape index (κ1) is 18.9. The van der Waals surface area contributed by atoms with Gasteiger partial charge in [-0.2, -0.15) is 5.10 Å². The molecule has 1 aromatic heterocycles. The second-order valence-corrected chi connectivity index (χ2v) is 6.54. The molecular formula is C19H24N4O4. The van der Waals surface area contributed by atoms with Gasteiger partial charge in [0.2, 0.25) is 5.91 Å². The van der Waals surface area contributed by atoms with Crippen LogP contribution in [0.25, 0.3) is 0 Å². The fraction of sp³-hybridized carbons (Fsp3) is 0.474. The summed E-state index contributed by atoms with van der Waals surface area (Å²) in [4.78, 5) is 29.5. The second kappa shape index (κ2) is 9.16. The van der Waals surface area contributed by atoms with Crippen LogP contribution in [0.4, 0.5) is 0 Å². The van der Waals surface area contributed by atoms with Gasteiger partial charge in [0.15, 0.2) is 5.82 Å². The average molecular weight is 372 g/mol. The molecule has 0 atom stereocenters. The maximum atomic E-state index is 12.1. The maximum absolute atomic E-state index is 12.1. The van der Waals surface area contributed by atoms with Crippen molar-refractivity contribution in [1.29, 1.82) is 0 Å². The van der Waals surface area contributed by atoms with Crippen molar-refractivity contribution in [3.63, 3.8) is 0 Å². The summed E-state index contributed by atoms with van der Waals surface area (Å²) in [6, 6.07) is 9.31. The average Bonchev–Trinajstić information content (AvgIpc) is 2.91. The molecule has 0 unspecified atom stereocenters. The van der Waals surface area contributed by atoms with Crippen LogP contribution in [0.15, 0.2) is 30.3 Å². The smallest absolute Gasteiger partial charge is 0.325 e. The number of carbonyl (C=O) groups is 2. The lowest BCUT2D eigenvalue weighted by molar-refractivity contribution is -0.138. The third-order valence-electron chi connectivity index (χ3n) is 4.47. The zero-order valence-electron chi connectivity index (χ0n) is 15.2. The summed E-state index contributed by atoms with van der Waals surface area (Å²) in [5, 5.41) is 13.4. The molecule has 2 aromatic rings. The molecule has 0 saturated carbocycles. The molecule has 0 radical (unpaired) electrons. The largest absolute Gasteiger partial charge is 0.486 e. The normalized spacial score (nSPS) is 14.8. The molecule has 8 nitrogen and oxygen atoms in total. The Morgan fingerprint density at radius 2 is 2.00 bits per heavy atom. The number of carbonyl (C=O) groups excluding carboxylic acids is 1. The molecule has 1 aliphatic heterocycles. The number of hydrogen-bond acceptors (Lipinski definition) is 5. The van der Waals surface area contributed by atoms with Crippen molar-refractivity contribution in [3.05, 3.63) is 42.0 Å². The predicted octanol–water partition coefficient (Wildman–Crippen LogP) is 1.89. The van der Waals surface area contributed by atoms with Crippen molar-refractivity contribution >= 4 is 11.9 Å². The van der Waals surface area contributed by atoms with E-state index in [0.717, 1.165) is 25.8 Å². The van der Waals surface area contributed by atoms with E-state index in [-0.39, 0.29) is 19.1 Å². The van der Waals surface area contributed by atoms with Gasteiger partial charge in [-0.25, -0.2) is 9.67 Å². The maximum Gasteiger partial charge on any atom is 0.325 e. The van der Waals surface area contributed by atoms with E-state index in [4.69, 9.17) is 9.84 Å². The number of aromatic nitrogens is 3. The number of amides is 1. The van der Waals surface area contributed by atoms with Crippen molar-refractivity contribution < 1.29 is 19.4 Å². The number of carboxylic acid groups (broad SMARTS) is 1. The number of para-hydroxylation sites is 1. The summed E-state index contributed by atoms with van der Waals surface area (Å²) in [6.07, 6.45) is 4.06. The minimum atomic E-state index is -0.984. The van der Waals surface area contributed by atoms with E-state index in [1.165, 1.54) is 4.68 Å². The molecule has 3 rings (SSSR count). The van der Waals surface area contributed by atoms with Crippen LogP contribution in [-0.2, 0) is 29.2 Å². The predicted molar refractivity (Wildman–Crippen MR) is 97.2 cm³/mol. The highest BCUT2D eigenvalue weighted by Gasteiger charge is 2.19. The van der Waals surface area contributed by atoms with Crippen molar-refractivity contribution in [3.8, 4) is 5.75 Å². The van der Waals surface area contributed by atoms with Crippen molar-refractivity contribution in [2.75, 3.05) is 13.1 Å². The Hall–Kier alpha value is -2.90. The lowest BCUT2D eigenvalue weighted by atomic mass is 10.2. The van der Waals surface area contributed by atoms with Crippen LogP contribution in [0.1, 0.15) is 37.3 Å². The molecule has 8 heteroatoms. The number of ether oxygens (including phenoxy) is 1. The summed E-state index contributed by atoms with van der Waals surface area (Å²) in [7, 11) is 0. The van der Waals surface area contributed by atoms with Crippen molar-refractivity contribution in [2.45, 2.75) is 45.3 Å². The van der Waals surface area contributed by atoms with Crippen LogP contribution in [0.3, 0.4) is 0 Å². The Labute approximate surface area is 157 Å². The van der Waals surface area contributed by atoms with E-state index >= 15 is 0 Å². The van der Waals surface area contributed by atoms with Crippen LogP contribution in [0.2, 0.25) is 0 Å². The Morgan fingerprint density at radius 1 is 1.19 bits per heavy atom. The fourth-order valence-corrected chi connectivity index (χ4v) is 3.10. The molecule has 1 saturated heterocycles. The number of nitrogens with zero attached hydrogens (tertiary/aromatic N) is 4. The zero-order chi connectivity index (χ0) is 19.1. The van der Waals surface area contributed by atoms with Gasteiger partial charge >= 0.3 is 5.97 Å². The third kappa shape index (κ3) is 5.54. The number of carboxylic acids is 1. The van der Waals surface area contributed by atoms with E-state index in [2.05, 4.69) is 10.1 Å². The van der Waals surface area contributed by atoms with Gasteiger partial charge in [0, 0.05) is 25.9 Å². The Balaban J connectivity index is 1.65. The summed E-state index contributed by atoms with van der Waals surface area (Å²) < 4.78 is 7.03. The number of hydrogen-bond donors (Lipinski definition) is 1. The number of likely N-dealkylation sites (tertiary alicyclic amines) is 1. The van der Waals surface area contributed by atoms with Crippen LogP contribution in [0.5, 0.6) is 5.75 Å². The Morgan fingerprint density at radius 3 is 2.78 bits per heavy atom. The summed E-state index contributed by atoms with van der Waals surface area (Å²) in [6.45, 7) is 1.17.